The molecule has 0 saturated carbocycles. The van der Waals surface area contributed by atoms with Gasteiger partial charge in [-0.2, -0.15) is 0 Å². The van der Waals surface area contributed by atoms with Crippen molar-refractivity contribution in [3.63, 3.8) is 0 Å². The highest BCUT2D eigenvalue weighted by atomic mass is 16.5. The number of carbonyl (C=O) groups is 2. The van der Waals surface area contributed by atoms with Crippen LogP contribution >= 0.6 is 0 Å². The molecule has 2 atom stereocenters. The van der Waals surface area contributed by atoms with Gasteiger partial charge in [0.2, 0.25) is 0 Å². The lowest BCUT2D eigenvalue weighted by atomic mass is 9.97. The topological polar surface area (TPSA) is 113 Å². The molecular formula is C18H22O7. The lowest BCUT2D eigenvalue weighted by Gasteiger charge is -2.17. The fourth-order valence-corrected chi connectivity index (χ4v) is 2.65. The minimum atomic E-state index is -1.49. The molecule has 3 N–H and O–H groups in total. The van der Waals surface area contributed by atoms with Crippen molar-refractivity contribution >= 4 is 11.8 Å². The van der Waals surface area contributed by atoms with Gasteiger partial charge in [-0.15, -0.1) is 0 Å². The van der Waals surface area contributed by atoms with Crippen LogP contribution in [0.3, 0.4) is 0 Å². The van der Waals surface area contributed by atoms with Crippen LogP contribution in [0.4, 0.5) is 0 Å². The predicted octanol–water partition coefficient (Wildman–Crippen LogP) is 1.13. The van der Waals surface area contributed by atoms with Gasteiger partial charge in [-0.3, -0.25) is 4.79 Å². The van der Waals surface area contributed by atoms with Crippen molar-refractivity contribution in [2.24, 2.45) is 0 Å². The zero-order valence-electron chi connectivity index (χ0n) is 14.0. The van der Waals surface area contributed by atoms with Crippen molar-refractivity contribution in [1.29, 1.82) is 0 Å². The number of aryl methyl sites for hydroxylation is 1. The summed E-state index contributed by atoms with van der Waals surface area (Å²) in [4.78, 5) is 24.0. The minimum Gasteiger partial charge on any atom is -0.507 e. The molecule has 136 valence electrons. The normalized spacial score (nSPS) is 24.0. The molecule has 0 aliphatic carbocycles. The smallest absolute Gasteiger partial charge is 0.342 e. The summed E-state index contributed by atoms with van der Waals surface area (Å²) < 4.78 is 10.2. The van der Waals surface area contributed by atoms with Gasteiger partial charge < -0.3 is 24.8 Å². The van der Waals surface area contributed by atoms with Gasteiger partial charge in [0, 0.05) is 6.07 Å². The number of phenolic OH excluding ortho intramolecular Hbond substituents is 1. The van der Waals surface area contributed by atoms with Gasteiger partial charge in [0.15, 0.2) is 5.78 Å². The van der Waals surface area contributed by atoms with E-state index < -0.39 is 24.0 Å². The van der Waals surface area contributed by atoms with Crippen molar-refractivity contribution in [2.45, 2.75) is 37.9 Å². The van der Waals surface area contributed by atoms with E-state index >= 15 is 0 Å². The molecule has 0 unspecified atom stereocenters. The molecule has 0 bridgehead atoms. The Hall–Kier alpha value is -2.38. The van der Waals surface area contributed by atoms with Gasteiger partial charge in [0.05, 0.1) is 19.8 Å². The third-order valence-electron chi connectivity index (χ3n) is 4.01. The van der Waals surface area contributed by atoms with Crippen LogP contribution in [0.2, 0.25) is 0 Å². The monoisotopic (exact) mass is 350 g/mol. The SMILES string of the molecule is COc1cc(O)c2c(c1)CCC[C@H](O)[C@H](O)C(=O)/C=C\CCOC2=O. The largest absolute Gasteiger partial charge is 0.507 e. The maximum atomic E-state index is 12.3. The Morgan fingerprint density at radius 3 is 2.72 bits per heavy atom. The van der Waals surface area contributed by atoms with Crippen LogP contribution in [0.15, 0.2) is 24.3 Å². The maximum Gasteiger partial charge on any atom is 0.342 e. The molecule has 0 radical (unpaired) electrons. The standard InChI is InChI=1S/C18H22O7/c1-24-12-9-11-5-4-7-14(20)17(22)13(19)6-2-3-8-25-18(23)16(11)15(21)10-12/h2,6,9-10,14,17,20-22H,3-5,7-8H2,1H3/b6-2-/t14-,17+/m0/s1. The van der Waals surface area contributed by atoms with Gasteiger partial charge in [0.1, 0.15) is 23.2 Å². The number of methoxy groups -OCH3 is 1. The number of fused-ring (bicyclic) bond motifs is 1. The molecule has 1 aromatic carbocycles. The molecule has 1 aliphatic heterocycles. The molecule has 2 rings (SSSR count). The summed E-state index contributed by atoms with van der Waals surface area (Å²) in [5.74, 6) is -1.09. The summed E-state index contributed by atoms with van der Waals surface area (Å²) in [6.07, 6.45) is 1.11. The van der Waals surface area contributed by atoms with Crippen LogP contribution in [-0.2, 0) is 16.0 Å². The average Bonchev–Trinajstić information content (AvgIpc) is 2.59. The number of cyclic esters (lactones) is 1. The van der Waals surface area contributed by atoms with Gasteiger partial charge in [-0.05, 0) is 43.4 Å². The van der Waals surface area contributed by atoms with E-state index in [0.717, 1.165) is 0 Å². The summed E-state index contributed by atoms with van der Waals surface area (Å²) >= 11 is 0. The van der Waals surface area contributed by atoms with E-state index in [2.05, 4.69) is 0 Å². The number of carbonyl (C=O) groups excluding carboxylic acids is 2. The molecule has 7 heteroatoms. The highest BCUT2D eigenvalue weighted by Crippen LogP contribution is 2.30. The Bertz CT molecular complexity index is 666. The van der Waals surface area contributed by atoms with E-state index in [4.69, 9.17) is 9.47 Å². The first-order valence-corrected chi connectivity index (χ1v) is 8.07. The number of hydrogen-bond acceptors (Lipinski definition) is 7. The first kappa shape index (κ1) is 19.0. The Morgan fingerprint density at radius 2 is 2.00 bits per heavy atom. The summed E-state index contributed by atoms with van der Waals surface area (Å²) in [6, 6.07) is 2.95. The molecule has 7 nitrogen and oxygen atoms in total. The van der Waals surface area contributed by atoms with Crippen molar-refractivity contribution in [1.82, 2.24) is 0 Å². The van der Waals surface area contributed by atoms with Gasteiger partial charge in [-0.1, -0.05) is 6.08 Å². The quantitative estimate of drug-likeness (QED) is 0.651. The highest BCUT2D eigenvalue weighted by Gasteiger charge is 2.24. The number of benzene rings is 1. The highest BCUT2D eigenvalue weighted by molar-refractivity contribution is 5.95. The zero-order chi connectivity index (χ0) is 18.4. The molecule has 0 aromatic heterocycles. The molecule has 1 aliphatic rings. The number of phenols is 1. The van der Waals surface area contributed by atoms with Crippen molar-refractivity contribution in [3.05, 3.63) is 35.4 Å². The van der Waals surface area contributed by atoms with E-state index in [1.807, 2.05) is 0 Å². The molecule has 0 spiro atoms. The fraction of sp³-hybridized carbons (Fsp3) is 0.444. The number of aliphatic hydroxyl groups is 2. The number of esters is 1. The van der Waals surface area contributed by atoms with E-state index in [-0.39, 0.29) is 30.8 Å². The number of aliphatic hydroxyl groups excluding tert-OH is 2. The third-order valence-corrected chi connectivity index (χ3v) is 4.01. The molecule has 0 amide bonds. The number of aromatic hydroxyl groups is 1. The van der Waals surface area contributed by atoms with Crippen LogP contribution < -0.4 is 4.74 Å². The number of ketones is 1. The first-order chi connectivity index (χ1) is 11.9. The Labute approximate surface area is 145 Å². The lowest BCUT2D eigenvalue weighted by molar-refractivity contribution is -0.128. The van der Waals surface area contributed by atoms with Crippen molar-refractivity contribution in [3.8, 4) is 11.5 Å². The van der Waals surface area contributed by atoms with Crippen LogP contribution in [-0.4, -0.2) is 53.0 Å². The van der Waals surface area contributed by atoms with Crippen LogP contribution in [0.1, 0.15) is 35.2 Å². The van der Waals surface area contributed by atoms with E-state index in [0.29, 0.717) is 24.2 Å². The van der Waals surface area contributed by atoms with Crippen LogP contribution in [0.25, 0.3) is 0 Å². The fourth-order valence-electron chi connectivity index (χ4n) is 2.65. The molecule has 0 saturated heterocycles. The third kappa shape index (κ3) is 4.80. The molecule has 1 heterocycles. The van der Waals surface area contributed by atoms with Crippen LogP contribution in [0.5, 0.6) is 11.5 Å². The average molecular weight is 350 g/mol. The summed E-state index contributed by atoms with van der Waals surface area (Å²) in [5.41, 5.74) is 0.579. The Balaban J connectivity index is 2.30. The second-order valence-electron chi connectivity index (χ2n) is 5.81. The molecule has 1 aromatic rings. The maximum absolute atomic E-state index is 12.3. The summed E-state index contributed by atoms with van der Waals surface area (Å²) in [6.45, 7) is 0.0200. The number of ether oxygens (including phenoxy) is 2. The minimum absolute atomic E-state index is 0.0200. The second kappa shape index (κ2) is 8.64. The van der Waals surface area contributed by atoms with E-state index in [9.17, 15) is 24.9 Å². The number of rotatable bonds is 1. The van der Waals surface area contributed by atoms with Crippen molar-refractivity contribution < 1.29 is 34.4 Å². The van der Waals surface area contributed by atoms with Gasteiger partial charge in [0.25, 0.3) is 0 Å². The molecule has 25 heavy (non-hydrogen) atoms. The zero-order valence-corrected chi connectivity index (χ0v) is 14.0. The lowest BCUT2D eigenvalue weighted by Crippen LogP contribution is -2.33. The number of hydrogen-bond donors (Lipinski definition) is 3. The van der Waals surface area contributed by atoms with E-state index in [1.54, 1.807) is 6.07 Å². The second-order valence-corrected chi connectivity index (χ2v) is 5.81. The molecule has 0 fully saturated rings. The van der Waals surface area contributed by atoms with Crippen molar-refractivity contribution in [2.75, 3.05) is 13.7 Å². The Morgan fingerprint density at radius 1 is 1.24 bits per heavy atom. The molecular weight excluding hydrogens is 328 g/mol. The first-order valence-electron chi connectivity index (χ1n) is 8.07. The summed E-state index contributed by atoms with van der Waals surface area (Å²) in [7, 11) is 1.45. The summed E-state index contributed by atoms with van der Waals surface area (Å²) in [5, 5.41) is 29.9. The van der Waals surface area contributed by atoms with Gasteiger partial charge >= 0.3 is 5.97 Å². The predicted molar refractivity (Wildman–Crippen MR) is 88.7 cm³/mol. The Kier molecular flexibility index (Phi) is 6.55. The van der Waals surface area contributed by atoms with Gasteiger partial charge in [-0.25, -0.2) is 4.79 Å². The van der Waals surface area contributed by atoms with Crippen LogP contribution in [0, 0.1) is 0 Å². The van der Waals surface area contributed by atoms with E-state index in [1.165, 1.54) is 25.3 Å².